The van der Waals surface area contributed by atoms with Gasteiger partial charge in [-0.2, -0.15) is 4.31 Å². The molecule has 0 radical (unpaired) electrons. The van der Waals surface area contributed by atoms with Crippen LogP contribution in [-0.2, 0) is 21.2 Å². The van der Waals surface area contributed by atoms with E-state index in [1.807, 2.05) is 19.1 Å². The van der Waals surface area contributed by atoms with E-state index < -0.39 is 10.0 Å². The molecule has 1 aliphatic rings. The number of aromatic nitrogens is 2. The summed E-state index contributed by atoms with van der Waals surface area (Å²) in [5, 5.41) is 12.1. The molecule has 2 aromatic rings. The van der Waals surface area contributed by atoms with Gasteiger partial charge in [-0.1, -0.05) is 44.2 Å². The van der Waals surface area contributed by atoms with Crippen LogP contribution in [0.15, 0.2) is 29.2 Å². The van der Waals surface area contributed by atoms with Crippen LogP contribution in [0.2, 0.25) is 0 Å². The third-order valence-corrected chi connectivity index (χ3v) is 7.90. The van der Waals surface area contributed by atoms with Crippen LogP contribution in [-0.4, -0.2) is 41.9 Å². The quantitative estimate of drug-likeness (QED) is 0.771. The molecule has 1 aliphatic heterocycles. The maximum atomic E-state index is 12.9. The third kappa shape index (κ3) is 4.59. The zero-order valence-electron chi connectivity index (χ0n) is 16.4. The van der Waals surface area contributed by atoms with Crippen molar-refractivity contribution in [2.24, 2.45) is 5.92 Å². The average molecular weight is 423 g/mol. The Balaban J connectivity index is 1.59. The Morgan fingerprint density at radius 3 is 2.39 bits per heavy atom. The van der Waals surface area contributed by atoms with E-state index in [1.165, 1.54) is 15.6 Å². The summed E-state index contributed by atoms with van der Waals surface area (Å²) in [6.45, 7) is 6.80. The van der Waals surface area contributed by atoms with Gasteiger partial charge in [0, 0.05) is 19.0 Å². The lowest BCUT2D eigenvalue weighted by molar-refractivity contribution is -0.120. The summed E-state index contributed by atoms with van der Waals surface area (Å²) in [5.41, 5.74) is 1.11. The number of carbonyl (C=O) groups excluding carboxylic acids is 1. The number of piperidine rings is 1. The first kappa shape index (κ1) is 20.9. The molecule has 1 aromatic heterocycles. The summed E-state index contributed by atoms with van der Waals surface area (Å²) in [6.07, 6.45) is 1.77. The molecule has 9 heteroatoms. The van der Waals surface area contributed by atoms with Crippen LogP contribution in [0.1, 0.15) is 50.1 Å². The Morgan fingerprint density at radius 2 is 1.86 bits per heavy atom. The molecular weight excluding hydrogens is 396 g/mol. The number of benzene rings is 1. The number of amides is 1. The summed E-state index contributed by atoms with van der Waals surface area (Å²) in [5.74, 6) is 0.0216. The molecule has 1 saturated heterocycles. The molecule has 0 bridgehead atoms. The van der Waals surface area contributed by atoms with Crippen LogP contribution in [0.4, 0.5) is 5.13 Å². The Hall–Kier alpha value is -1.84. The van der Waals surface area contributed by atoms with Gasteiger partial charge in [0.25, 0.3) is 0 Å². The minimum Gasteiger partial charge on any atom is -0.300 e. The molecule has 152 valence electrons. The SMILES string of the molecule is CCc1nnc(NC(=O)C2CCN(S(=O)(=O)c3ccc(C(C)C)cc3)CC2)s1. The average Bonchev–Trinajstić information content (AvgIpc) is 3.15. The summed E-state index contributed by atoms with van der Waals surface area (Å²) < 4.78 is 27.2. The summed E-state index contributed by atoms with van der Waals surface area (Å²) >= 11 is 1.37. The zero-order chi connectivity index (χ0) is 20.3. The summed E-state index contributed by atoms with van der Waals surface area (Å²) in [7, 11) is -3.53. The van der Waals surface area contributed by atoms with Crippen LogP contribution >= 0.6 is 11.3 Å². The Kier molecular flexibility index (Phi) is 6.47. The second-order valence-electron chi connectivity index (χ2n) is 7.25. The van der Waals surface area contributed by atoms with Crippen LogP contribution in [0.5, 0.6) is 0 Å². The van der Waals surface area contributed by atoms with E-state index in [9.17, 15) is 13.2 Å². The molecule has 0 unspecified atom stereocenters. The van der Waals surface area contributed by atoms with Crippen molar-refractivity contribution < 1.29 is 13.2 Å². The number of hydrogen-bond acceptors (Lipinski definition) is 6. The number of carbonyl (C=O) groups is 1. The van der Waals surface area contributed by atoms with E-state index >= 15 is 0 Å². The first-order valence-electron chi connectivity index (χ1n) is 9.54. The molecule has 28 heavy (non-hydrogen) atoms. The van der Waals surface area contributed by atoms with Gasteiger partial charge in [0.2, 0.25) is 21.1 Å². The highest BCUT2D eigenvalue weighted by Crippen LogP contribution is 2.26. The molecule has 0 spiro atoms. The molecule has 1 amide bonds. The molecule has 0 atom stereocenters. The number of anilines is 1. The minimum atomic E-state index is -3.53. The molecule has 2 heterocycles. The lowest BCUT2D eigenvalue weighted by atomic mass is 9.97. The predicted molar refractivity (Wildman–Crippen MR) is 110 cm³/mol. The van der Waals surface area contributed by atoms with Crippen LogP contribution in [0.25, 0.3) is 0 Å². The zero-order valence-corrected chi connectivity index (χ0v) is 18.0. The van der Waals surface area contributed by atoms with E-state index in [2.05, 4.69) is 29.4 Å². The maximum Gasteiger partial charge on any atom is 0.243 e. The number of nitrogens with one attached hydrogen (secondary N) is 1. The number of aryl methyl sites for hydroxylation is 1. The lowest BCUT2D eigenvalue weighted by Crippen LogP contribution is -2.41. The second kappa shape index (κ2) is 8.67. The van der Waals surface area contributed by atoms with Gasteiger partial charge >= 0.3 is 0 Å². The molecular formula is C19H26N4O3S2. The van der Waals surface area contributed by atoms with Crippen LogP contribution < -0.4 is 5.32 Å². The predicted octanol–water partition coefficient (Wildman–Crippen LogP) is 3.26. The fourth-order valence-corrected chi connectivity index (χ4v) is 5.34. The molecule has 1 fully saturated rings. The van der Waals surface area contributed by atoms with Gasteiger partial charge in [-0.3, -0.25) is 4.79 Å². The van der Waals surface area contributed by atoms with Crippen molar-refractivity contribution in [1.29, 1.82) is 0 Å². The number of rotatable bonds is 6. The van der Waals surface area contributed by atoms with Crippen molar-refractivity contribution in [2.75, 3.05) is 18.4 Å². The van der Waals surface area contributed by atoms with Crippen LogP contribution in [0.3, 0.4) is 0 Å². The fraction of sp³-hybridized carbons (Fsp3) is 0.526. The molecule has 0 saturated carbocycles. The van der Waals surface area contributed by atoms with Crippen molar-refractivity contribution in [2.45, 2.75) is 50.8 Å². The van der Waals surface area contributed by atoms with Gasteiger partial charge in [0.1, 0.15) is 5.01 Å². The molecule has 0 aliphatic carbocycles. The first-order valence-corrected chi connectivity index (χ1v) is 11.8. The molecule has 3 rings (SSSR count). The number of sulfonamides is 1. The highest BCUT2D eigenvalue weighted by molar-refractivity contribution is 7.89. The van der Waals surface area contributed by atoms with Crippen molar-refractivity contribution >= 4 is 32.4 Å². The van der Waals surface area contributed by atoms with E-state index in [4.69, 9.17) is 0 Å². The van der Waals surface area contributed by atoms with Crippen molar-refractivity contribution in [3.05, 3.63) is 34.8 Å². The highest BCUT2D eigenvalue weighted by atomic mass is 32.2. The highest BCUT2D eigenvalue weighted by Gasteiger charge is 2.32. The Bertz CT molecular complexity index is 915. The summed E-state index contributed by atoms with van der Waals surface area (Å²) in [6, 6.07) is 7.07. The van der Waals surface area contributed by atoms with Crippen molar-refractivity contribution in [3.63, 3.8) is 0 Å². The Morgan fingerprint density at radius 1 is 1.21 bits per heavy atom. The standard InChI is InChI=1S/C19H26N4O3S2/c1-4-17-21-22-19(27-17)20-18(24)15-9-11-23(12-10-15)28(25,26)16-7-5-14(6-8-16)13(2)3/h5-8,13,15H,4,9-12H2,1-3H3,(H,20,22,24). The van der Waals surface area contributed by atoms with Gasteiger partial charge in [-0.15, -0.1) is 10.2 Å². The largest absolute Gasteiger partial charge is 0.300 e. The maximum absolute atomic E-state index is 12.9. The van der Waals surface area contributed by atoms with Gasteiger partial charge in [-0.25, -0.2) is 8.42 Å². The Labute approximate surface area is 170 Å². The molecule has 1 N–H and O–H groups in total. The van der Waals surface area contributed by atoms with Crippen LogP contribution in [0, 0.1) is 5.92 Å². The lowest BCUT2D eigenvalue weighted by Gasteiger charge is -2.30. The van der Waals surface area contributed by atoms with Gasteiger partial charge in [0.15, 0.2) is 0 Å². The summed E-state index contributed by atoms with van der Waals surface area (Å²) in [4.78, 5) is 12.8. The number of nitrogens with zero attached hydrogens (tertiary/aromatic N) is 3. The topological polar surface area (TPSA) is 92.3 Å². The van der Waals surface area contributed by atoms with E-state index in [0.29, 0.717) is 41.9 Å². The van der Waals surface area contributed by atoms with E-state index in [1.54, 1.807) is 12.1 Å². The number of hydrogen-bond donors (Lipinski definition) is 1. The van der Waals surface area contributed by atoms with Crippen molar-refractivity contribution in [1.82, 2.24) is 14.5 Å². The monoisotopic (exact) mass is 422 g/mol. The van der Waals surface area contributed by atoms with E-state index in [-0.39, 0.29) is 11.8 Å². The smallest absolute Gasteiger partial charge is 0.243 e. The van der Waals surface area contributed by atoms with Gasteiger partial charge < -0.3 is 5.32 Å². The second-order valence-corrected chi connectivity index (χ2v) is 10.2. The van der Waals surface area contributed by atoms with E-state index in [0.717, 1.165) is 17.0 Å². The van der Waals surface area contributed by atoms with Gasteiger partial charge in [-0.05, 0) is 42.9 Å². The minimum absolute atomic E-state index is 0.114. The molecule has 1 aromatic carbocycles. The van der Waals surface area contributed by atoms with Gasteiger partial charge in [0.05, 0.1) is 4.90 Å². The first-order chi connectivity index (χ1) is 13.3. The molecule has 7 nitrogen and oxygen atoms in total. The third-order valence-electron chi connectivity index (χ3n) is 5.01. The van der Waals surface area contributed by atoms with Crippen molar-refractivity contribution in [3.8, 4) is 0 Å². The fourth-order valence-electron chi connectivity index (χ4n) is 3.19. The normalized spacial score (nSPS) is 16.4.